The van der Waals surface area contributed by atoms with Crippen LogP contribution in [0.2, 0.25) is 0 Å². The Bertz CT molecular complexity index is 1200. The smallest absolute Gasteiger partial charge is 0.316 e. The maximum atomic E-state index is 13.0. The average Bonchev–Trinajstić information content (AvgIpc) is 2.83. The highest BCUT2D eigenvalue weighted by atomic mass is 32.2. The summed E-state index contributed by atoms with van der Waals surface area (Å²) in [6, 6.07) is 17.4. The van der Waals surface area contributed by atoms with Crippen molar-refractivity contribution < 1.29 is 19.1 Å². The van der Waals surface area contributed by atoms with E-state index in [-0.39, 0.29) is 30.1 Å². The third kappa shape index (κ3) is 4.28. The van der Waals surface area contributed by atoms with Crippen molar-refractivity contribution in [2.75, 3.05) is 12.4 Å². The normalized spacial score (nSPS) is 12.0. The van der Waals surface area contributed by atoms with Crippen molar-refractivity contribution in [3.8, 4) is 11.1 Å². The number of rotatable bonds is 8. The number of ketones is 1. The summed E-state index contributed by atoms with van der Waals surface area (Å²) in [6.07, 6.45) is 1.67. The van der Waals surface area contributed by atoms with Gasteiger partial charge in [-0.15, -0.1) is 11.8 Å². The van der Waals surface area contributed by atoms with E-state index in [0.29, 0.717) is 11.1 Å². The molecule has 0 fully saturated rings. The monoisotopic (exact) mass is 447 g/mol. The zero-order valence-corrected chi connectivity index (χ0v) is 19.0. The molecule has 0 bridgehead atoms. The first kappa shape index (κ1) is 22.1. The van der Waals surface area contributed by atoms with Crippen molar-refractivity contribution >= 4 is 40.2 Å². The van der Waals surface area contributed by atoms with Crippen molar-refractivity contribution in [1.82, 2.24) is 5.32 Å². The molecule has 164 valence electrons. The fraction of sp³-hybridized carbons (Fsp3) is 0.269. The van der Waals surface area contributed by atoms with Crippen molar-refractivity contribution in [2.45, 2.75) is 37.6 Å². The summed E-state index contributed by atoms with van der Waals surface area (Å²) in [4.78, 5) is 38.1. The van der Waals surface area contributed by atoms with E-state index in [1.807, 2.05) is 68.4 Å². The number of fused-ring (bicyclic) bond motifs is 2. The second kappa shape index (κ2) is 9.57. The lowest BCUT2D eigenvalue weighted by Gasteiger charge is -2.21. The van der Waals surface area contributed by atoms with Crippen LogP contribution in [-0.2, 0) is 14.3 Å². The molecule has 0 radical (unpaired) electrons. The SMILES string of the molecule is CCC(CC)NC(=O)COC(=O)CSc1ccc2c3c(cccc13)C(=O)c1ccccc1-2. The molecule has 1 aliphatic rings. The lowest BCUT2D eigenvalue weighted by atomic mass is 9.83. The number of thioether (sulfide) groups is 1. The van der Waals surface area contributed by atoms with Crippen molar-refractivity contribution in [1.29, 1.82) is 0 Å². The molecule has 1 N–H and O–H groups in total. The summed E-state index contributed by atoms with van der Waals surface area (Å²) in [5.74, 6) is -0.627. The number of nitrogens with one attached hydrogen (secondary N) is 1. The molecule has 0 spiro atoms. The summed E-state index contributed by atoms with van der Waals surface area (Å²) in [6.45, 7) is 3.73. The van der Waals surface area contributed by atoms with Crippen LogP contribution in [0.4, 0.5) is 0 Å². The van der Waals surface area contributed by atoms with E-state index in [4.69, 9.17) is 4.74 Å². The highest BCUT2D eigenvalue weighted by Gasteiger charge is 2.25. The molecule has 4 rings (SSSR count). The van der Waals surface area contributed by atoms with Gasteiger partial charge in [-0.1, -0.05) is 62.4 Å². The van der Waals surface area contributed by atoms with Crippen LogP contribution in [0.25, 0.3) is 21.9 Å². The van der Waals surface area contributed by atoms with Crippen LogP contribution in [0.1, 0.15) is 42.6 Å². The molecule has 0 heterocycles. The number of esters is 1. The molecular weight excluding hydrogens is 422 g/mol. The molecule has 32 heavy (non-hydrogen) atoms. The van der Waals surface area contributed by atoms with E-state index in [9.17, 15) is 14.4 Å². The first-order chi connectivity index (χ1) is 15.5. The highest BCUT2D eigenvalue weighted by Crippen LogP contribution is 2.42. The van der Waals surface area contributed by atoms with E-state index < -0.39 is 5.97 Å². The van der Waals surface area contributed by atoms with Crippen molar-refractivity contribution in [2.24, 2.45) is 0 Å². The molecule has 5 nitrogen and oxygen atoms in total. The first-order valence-electron chi connectivity index (χ1n) is 10.8. The number of ether oxygens (including phenoxy) is 1. The van der Waals surface area contributed by atoms with Crippen LogP contribution in [0.5, 0.6) is 0 Å². The summed E-state index contributed by atoms with van der Waals surface area (Å²) in [5, 5.41) is 4.71. The number of hydrogen-bond donors (Lipinski definition) is 1. The minimum Gasteiger partial charge on any atom is -0.455 e. The summed E-state index contributed by atoms with van der Waals surface area (Å²) in [5.41, 5.74) is 3.35. The molecule has 1 amide bonds. The lowest BCUT2D eigenvalue weighted by Crippen LogP contribution is -2.37. The second-order valence-corrected chi connectivity index (χ2v) is 8.76. The highest BCUT2D eigenvalue weighted by molar-refractivity contribution is 8.00. The number of benzene rings is 3. The van der Waals surface area contributed by atoms with Gasteiger partial charge in [0.2, 0.25) is 0 Å². The predicted octanol–water partition coefficient (Wildman–Crippen LogP) is 4.99. The summed E-state index contributed by atoms with van der Waals surface area (Å²) < 4.78 is 5.14. The van der Waals surface area contributed by atoms with Gasteiger partial charge in [0, 0.05) is 27.5 Å². The Morgan fingerprint density at radius 1 is 0.906 bits per heavy atom. The Kier molecular flexibility index (Phi) is 6.61. The van der Waals surface area contributed by atoms with Crippen molar-refractivity contribution in [3.63, 3.8) is 0 Å². The largest absolute Gasteiger partial charge is 0.455 e. The predicted molar refractivity (Wildman–Crippen MR) is 127 cm³/mol. The Morgan fingerprint density at radius 2 is 1.62 bits per heavy atom. The molecule has 6 heteroatoms. The number of carbonyl (C=O) groups excluding carboxylic acids is 3. The molecule has 0 unspecified atom stereocenters. The first-order valence-corrected chi connectivity index (χ1v) is 11.8. The van der Waals surface area contributed by atoms with Crippen LogP contribution in [-0.4, -0.2) is 36.1 Å². The molecule has 1 aliphatic carbocycles. The van der Waals surface area contributed by atoms with Gasteiger partial charge >= 0.3 is 5.97 Å². The maximum Gasteiger partial charge on any atom is 0.316 e. The van der Waals surface area contributed by atoms with Gasteiger partial charge in [0.25, 0.3) is 5.91 Å². The molecule has 0 aromatic heterocycles. The van der Waals surface area contributed by atoms with Gasteiger partial charge < -0.3 is 10.1 Å². The molecule has 3 aromatic carbocycles. The van der Waals surface area contributed by atoms with E-state index in [2.05, 4.69) is 5.32 Å². The van der Waals surface area contributed by atoms with Gasteiger partial charge in [0.1, 0.15) is 0 Å². The van der Waals surface area contributed by atoms with Gasteiger partial charge in [0.05, 0.1) is 5.75 Å². The van der Waals surface area contributed by atoms with Gasteiger partial charge in [-0.2, -0.15) is 0 Å². The third-order valence-corrected chi connectivity index (χ3v) is 6.81. The lowest BCUT2D eigenvalue weighted by molar-refractivity contribution is -0.146. The van der Waals surface area contributed by atoms with Gasteiger partial charge in [-0.05, 0) is 35.4 Å². The van der Waals surface area contributed by atoms with E-state index in [0.717, 1.165) is 39.6 Å². The zero-order chi connectivity index (χ0) is 22.7. The Labute approximate surface area is 191 Å². The molecule has 0 atom stereocenters. The Balaban J connectivity index is 1.49. The minimum absolute atomic E-state index is 0.0173. The zero-order valence-electron chi connectivity index (χ0n) is 18.1. The fourth-order valence-corrected chi connectivity index (χ4v) is 4.91. The van der Waals surface area contributed by atoms with Crippen LogP contribution in [0, 0.1) is 0 Å². The molecule has 0 saturated heterocycles. The van der Waals surface area contributed by atoms with Crippen LogP contribution in [0.15, 0.2) is 59.5 Å². The minimum atomic E-state index is -0.448. The van der Waals surface area contributed by atoms with E-state index in [1.54, 1.807) is 0 Å². The van der Waals surface area contributed by atoms with Gasteiger partial charge in [-0.3, -0.25) is 14.4 Å². The summed E-state index contributed by atoms with van der Waals surface area (Å²) >= 11 is 1.35. The second-order valence-electron chi connectivity index (χ2n) is 7.74. The fourth-order valence-electron chi connectivity index (χ4n) is 4.07. The number of hydrogen-bond acceptors (Lipinski definition) is 5. The van der Waals surface area contributed by atoms with Crippen LogP contribution >= 0.6 is 11.8 Å². The Hall–Kier alpha value is -3.12. The average molecular weight is 448 g/mol. The van der Waals surface area contributed by atoms with Crippen LogP contribution in [0.3, 0.4) is 0 Å². The maximum absolute atomic E-state index is 13.0. The van der Waals surface area contributed by atoms with Gasteiger partial charge in [-0.25, -0.2) is 0 Å². The topological polar surface area (TPSA) is 72.5 Å². The molecule has 0 saturated carbocycles. The van der Waals surface area contributed by atoms with E-state index >= 15 is 0 Å². The standard InChI is InChI=1S/C26H25NO4S/c1-3-16(4-2)27-23(28)14-31-24(29)15-32-22-13-12-18-17-8-5-6-9-19(17)26(30)21-11-7-10-20(22)25(18)21/h5-13,16H,3-4,14-15H2,1-2H3,(H,27,28). The van der Waals surface area contributed by atoms with E-state index in [1.165, 1.54) is 11.8 Å². The molecule has 3 aromatic rings. The quantitative estimate of drug-likeness (QED) is 0.304. The third-order valence-electron chi connectivity index (χ3n) is 5.77. The molecule has 0 aliphatic heterocycles. The molecular formula is C26H25NO4S. The van der Waals surface area contributed by atoms with Crippen LogP contribution < -0.4 is 5.32 Å². The Morgan fingerprint density at radius 3 is 2.38 bits per heavy atom. The van der Waals surface area contributed by atoms with Gasteiger partial charge in [0.15, 0.2) is 12.4 Å². The number of carbonyl (C=O) groups is 3. The number of amides is 1. The summed E-state index contributed by atoms with van der Waals surface area (Å²) in [7, 11) is 0. The van der Waals surface area contributed by atoms with Crippen molar-refractivity contribution in [3.05, 3.63) is 65.7 Å².